The predicted octanol–water partition coefficient (Wildman–Crippen LogP) is 3.37. The van der Waals surface area contributed by atoms with E-state index in [2.05, 4.69) is 27.6 Å². The van der Waals surface area contributed by atoms with E-state index in [-0.39, 0.29) is 18.6 Å². The zero-order chi connectivity index (χ0) is 17.9. The van der Waals surface area contributed by atoms with Crippen molar-refractivity contribution in [2.45, 2.75) is 32.4 Å². The summed E-state index contributed by atoms with van der Waals surface area (Å²) in [6, 6.07) is 15.4. The van der Waals surface area contributed by atoms with Crippen molar-refractivity contribution in [1.82, 2.24) is 15.5 Å². The largest absolute Gasteiger partial charge is 0.485 e. The summed E-state index contributed by atoms with van der Waals surface area (Å²) in [5.74, 6) is 1.28. The third kappa shape index (κ3) is 3.31. The Kier molecular flexibility index (Phi) is 4.39. The van der Waals surface area contributed by atoms with Gasteiger partial charge in [-0.15, -0.1) is 0 Å². The minimum atomic E-state index is -0.147. The minimum Gasteiger partial charge on any atom is -0.485 e. The summed E-state index contributed by atoms with van der Waals surface area (Å²) in [4.78, 5) is 16.9. The number of amides is 1. The molecule has 1 heterocycles. The fourth-order valence-corrected chi connectivity index (χ4v) is 3.27. The van der Waals surface area contributed by atoms with Crippen molar-refractivity contribution in [2.24, 2.45) is 0 Å². The molecule has 1 atom stereocenters. The number of aryl methyl sites for hydroxylation is 2. The molecule has 1 aliphatic rings. The highest BCUT2D eigenvalue weighted by atomic mass is 16.5. The van der Waals surface area contributed by atoms with Crippen molar-refractivity contribution in [2.75, 3.05) is 0 Å². The van der Waals surface area contributed by atoms with Gasteiger partial charge in [0.2, 0.25) is 11.7 Å². The Balaban J connectivity index is 1.48. The number of hydrogen-bond acceptors (Lipinski definition) is 5. The van der Waals surface area contributed by atoms with Gasteiger partial charge in [-0.25, -0.2) is 0 Å². The van der Waals surface area contributed by atoms with Crippen LogP contribution in [0.1, 0.15) is 45.7 Å². The van der Waals surface area contributed by atoms with Gasteiger partial charge in [0.15, 0.2) is 6.61 Å². The molecule has 1 aliphatic carbocycles. The number of ether oxygens (including phenoxy) is 1. The van der Waals surface area contributed by atoms with Crippen LogP contribution in [0.15, 0.2) is 53.1 Å². The third-order valence-corrected chi connectivity index (χ3v) is 4.50. The van der Waals surface area contributed by atoms with Crippen molar-refractivity contribution in [3.8, 4) is 5.75 Å². The molecular formula is C20H19N3O3. The highest BCUT2D eigenvalue weighted by Crippen LogP contribution is 2.31. The van der Waals surface area contributed by atoms with E-state index in [1.54, 1.807) is 19.1 Å². The van der Waals surface area contributed by atoms with Gasteiger partial charge < -0.3 is 14.6 Å². The van der Waals surface area contributed by atoms with Gasteiger partial charge in [-0.05, 0) is 36.1 Å². The number of carbonyl (C=O) groups is 1. The van der Waals surface area contributed by atoms with Crippen LogP contribution in [0.3, 0.4) is 0 Å². The number of nitrogens with zero attached hydrogens (tertiary/aromatic N) is 2. The van der Waals surface area contributed by atoms with Crippen LogP contribution in [-0.2, 0) is 13.0 Å². The van der Waals surface area contributed by atoms with Crippen LogP contribution in [0.2, 0.25) is 0 Å². The first-order valence-electron chi connectivity index (χ1n) is 8.60. The average Bonchev–Trinajstić information content (AvgIpc) is 3.27. The topological polar surface area (TPSA) is 77.2 Å². The van der Waals surface area contributed by atoms with Crippen LogP contribution in [-0.4, -0.2) is 16.0 Å². The van der Waals surface area contributed by atoms with E-state index < -0.39 is 0 Å². The Labute approximate surface area is 151 Å². The summed E-state index contributed by atoms with van der Waals surface area (Å²) in [5, 5.41) is 6.93. The highest BCUT2D eigenvalue weighted by Gasteiger charge is 2.24. The number of para-hydroxylation sites is 1. The molecule has 2 aromatic carbocycles. The Bertz CT molecular complexity index is 935. The normalized spacial score (nSPS) is 15.5. The number of carbonyl (C=O) groups excluding carboxylic acids is 1. The van der Waals surface area contributed by atoms with Crippen LogP contribution >= 0.6 is 0 Å². The van der Waals surface area contributed by atoms with E-state index in [4.69, 9.17) is 9.26 Å². The molecule has 26 heavy (non-hydrogen) atoms. The fourth-order valence-electron chi connectivity index (χ4n) is 3.27. The van der Waals surface area contributed by atoms with Crippen LogP contribution in [0.25, 0.3) is 0 Å². The fraction of sp³-hybridized carbons (Fsp3) is 0.250. The Morgan fingerprint density at radius 1 is 1.23 bits per heavy atom. The van der Waals surface area contributed by atoms with Crippen molar-refractivity contribution in [3.05, 3.63) is 76.9 Å². The second-order valence-electron chi connectivity index (χ2n) is 6.28. The lowest BCUT2D eigenvalue weighted by Gasteiger charge is -2.16. The first-order valence-corrected chi connectivity index (χ1v) is 8.60. The molecule has 1 N–H and O–H groups in total. The van der Waals surface area contributed by atoms with Crippen LogP contribution in [0.5, 0.6) is 5.75 Å². The summed E-state index contributed by atoms with van der Waals surface area (Å²) >= 11 is 0. The van der Waals surface area contributed by atoms with E-state index in [1.807, 2.05) is 24.3 Å². The van der Waals surface area contributed by atoms with Gasteiger partial charge in [0.1, 0.15) is 5.75 Å². The molecule has 1 aromatic heterocycles. The van der Waals surface area contributed by atoms with Crippen molar-refractivity contribution >= 4 is 5.91 Å². The van der Waals surface area contributed by atoms with Crippen LogP contribution in [0, 0.1) is 6.92 Å². The molecule has 0 saturated heterocycles. The summed E-state index contributed by atoms with van der Waals surface area (Å²) in [6.45, 7) is 1.87. The van der Waals surface area contributed by atoms with Gasteiger partial charge in [-0.2, -0.15) is 4.98 Å². The molecule has 0 fully saturated rings. The Morgan fingerprint density at radius 3 is 2.88 bits per heavy atom. The van der Waals surface area contributed by atoms with E-state index in [1.165, 1.54) is 11.1 Å². The highest BCUT2D eigenvalue weighted by molar-refractivity contribution is 5.97. The van der Waals surface area contributed by atoms with Crippen LogP contribution in [0.4, 0.5) is 0 Å². The van der Waals surface area contributed by atoms with Gasteiger partial charge >= 0.3 is 0 Å². The van der Waals surface area contributed by atoms with Gasteiger partial charge in [0.05, 0.1) is 11.6 Å². The predicted molar refractivity (Wildman–Crippen MR) is 94.8 cm³/mol. The molecule has 6 heteroatoms. The monoisotopic (exact) mass is 349 g/mol. The molecule has 0 spiro atoms. The van der Waals surface area contributed by atoms with E-state index >= 15 is 0 Å². The number of benzene rings is 2. The summed E-state index contributed by atoms with van der Waals surface area (Å²) < 4.78 is 10.7. The van der Waals surface area contributed by atoms with Crippen molar-refractivity contribution in [1.29, 1.82) is 0 Å². The molecular weight excluding hydrogens is 330 g/mol. The molecule has 6 nitrogen and oxygen atoms in total. The summed E-state index contributed by atoms with van der Waals surface area (Å²) in [6.07, 6.45) is 1.90. The number of hydrogen-bond donors (Lipinski definition) is 1. The number of nitrogens with one attached hydrogen (secondary N) is 1. The van der Waals surface area contributed by atoms with Gasteiger partial charge in [0.25, 0.3) is 5.91 Å². The van der Waals surface area contributed by atoms with Crippen molar-refractivity contribution in [3.63, 3.8) is 0 Å². The lowest BCUT2D eigenvalue weighted by molar-refractivity contribution is 0.0932. The average molecular weight is 349 g/mol. The molecule has 0 saturated carbocycles. The maximum atomic E-state index is 12.8. The molecule has 0 aliphatic heterocycles. The molecule has 0 radical (unpaired) electrons. The van der Waals surface area contributed by atoms with E-state index in [9.17, 15) is 4.79 Å². The molecule has 132 valence electrons. The molecule has 0 bridgehead atoms. The first-order chi connectivity index (χ1) is 12.7. The number of rotatable bonds is 5. The van der Waals surface area contributed by atoms with Gasteiger partial charge in [-0.3, -0.25) is 4.79 Å². The molecule has 1 amide bonds. The standard InChI is InChI=1S/C20H19N3O3/c1-13-21-19(23-26-13)12-25-18-9-5-4-8-16(18)20(24)22-17-11-10-14-6-2-3-7-15(14)17/h2-9,17H,10-12H2,1H3,(H,22,24). The maximum Gasteiger partial charge on any atom is 0.255 e. The quantitative estimate of drug-likeness (QED) is 0.764. The lowest BCUT2D eigenvalue weighted by atomic mass is 10.1. The molecule has 4 rings (SSSR count). The second-order valence-corrected chi connectivity index (χ2v) is 6.28. The summed E-state index contributed by atoms with van der Waals surface area (Å²) in [5.41, 5.74) is 2.99. The van der Waals surface area contributed by atoms with Crippen LogP contribution < -0.4 is 10.1 Å². The summed E-state index contributed by atoms with van der Waals surface area (Å²) in [7, 11) is 0. The molecule has 3 aromatic rings. The SMILES string of the molecule is Cc1nc(COc2ccccc2C(=O)NC2CCc3ccccc32)no1. The second kappa shape index (κ2) is 7.00. The Morgan fingerprint density at radius 2 is 2.04 bits per heavy atom. The van der Waals surface area contributed by atoms with Crippen molar-refractivity contribution < 1.29 is 14.1 Å². The molecule has 1 unspecified atom stereocenters. The maximum absolute atomic E-state index is 12.8. The number of aromatic nitrogens is 2. The van der Waals surface area contributed by atoms with Gasteiger partial charge in [-0.1, -0.05) is 41.6 Å². The van der Waals surface area contributed by atoms with E-state index in [0.29, 0.717) is 23.0 Å². The lowest BCUT2D eigenvalue weighted by Crippen LogP contribution is -2.27. The Hall–Kier alpha value is -3.15. The third-order valence-electron chi connectivity index (χ3n) is 4.50. The minimum absolute atomic E-state index is 0.0339. The number of fused-ring (bicyclic) bond motifs is 1. The smallest absolute Gasteiger partial charge is 0.255 e. The zero-order valence-electron chi connectivity index (χ0n) is 14.4. The first kappa shape index (κ1) is 16.3. The van der Waals surface area contributed by atoms with Gasteiger partial charge in [0, 0.05) is 6.92 Å². The zero-order valence-corrected chi connectivity index (χ0v) is 14.4. The van der Waals surface area contributed by atoms with E-state index in [0.717, 1.165) is 12.8 Å².